The number of rotatable bonds is 9. The predicted octanol–water partition coefficient (Wildman–Crippen LogP) is 3.04. The summed E-state index contributed by atoms with van der Waals surface area (Å²) >= 11 is 0. The Kier molecular flexibility index (Phi) is 7.15. The van der Waals surface area contributed by atoms with Crippen LogP contribution in [0.2, 0.25) is 0 Å². The van der Waals surface area contributed by atoms with Gasteiger partial charge >= 0.3 is 0 Å². The van der Waals surface area contributed by atoms with E-state index in [0.717, 1.165) is 29.7 Å². The van der Waals surface area contributed by atoms with Crippen LogP contribution in [0.4, 0.5) is 0 Å². The molecule has 4 heteroatoms. The van der Waals surface area contributed by atoms with Crippen LogP contribution in [-0.4, -0.2) is 31.5 Å². The van der Waals surface area contributed by atoms with E-state index >= 15 is 0 Å². The highest BCUT2D eigenvalue weighted by Crippen LogP contribution is 2.24. The van der Waals surface area contributed by atoms with Crippen molar-refractivity contribution in [3.63, 3.8) is 0 Å². The van der Waals surface area contributed by atoms with Gasteiger partial charge in [0.15, 0.2) is 0 Å². The molecule has 0 aromatic heterocycles. The average Bonchev–Trinajstić information content (AvgIpc) is 2.52. The molecule has 1 aromatic carbocycles. The summed E-state index contributed by atoms with van der Waals surface area (Å²) < 4.78 is 10.6. The summed E-state index contributed by atoms with van der Waals surface area (Å²) in [5.74, 6) is 0.839. The number of nitrogens with one attached hydrogen (secondary N) is 1. The molecule has 0 aliphatic carbocycles. The Labute approximate surface area is 128 Å². The van der Waals surface area contributed by atoms with Crippen molar-refractivity contribution >= 4 is 0 Å². The minimum absolute atomic E-state index is 0.163. The van der Waals surface area contributed by atoms with Crippen LogP contribution >= 0.6 is 0 Å². The lowest BCUT2D eigenvalue weighted by atomic mass is 9.96. The van der Waals surface area contributed by atoms with Gasteiger partial charge in [0.2, 0.25) is 0 Å². The molecule has 21 heavy (non-hydrogen) atoms. The van der Waals surface area contributed by atoms with Gasteiger partial charge in [-0.3, -0.25) is 0 Å². The van der Waals surface area contributed by atoms with Crippen LogP contribution in [0.5, 0.6) is 5.75 Å². The van der Waals surface area contributed by atoms with Gasteiger partial charge in [-0.1, -0.05) is 19.9 Å². The van der Waals surface area contributed by atoms with Crippen LogP contribution in [-0.2, 0) is 11.3 Å². The summed E-state index contributed by atoms with van der Waals surface area (Å²) in [7, 11) is 3.34. The summed E-state index contributed by atoms with van der Waals surface area (Å²) in [6, 6.07) is 6.27. The molecule has 0 saturated carbocycles. The van der Waals surface area contributed by atoms with Crippen molar-refractivity contribution < 1.29 is 14.6 Å². The number of methoxy groups -OCH3 is 2. The molecule has 0 spiro atoms. The first-order chi connectivity index (χ1) is 9.99. The van der Waals surface area contributed by atoms with Gasteiger partial charge < -0.3 is 19.9 Å². The molecular weight excluding hydrogens is 266 g/mol. The van der Waals surface area contributed by atoms with Crippen LogP contribution in [0.1, 0.15) is 50.8 Å². The maximum Gasteiger partial charge on any atom is 0.124 e. The van der Waals surface area contributed by atoms with E-state index < -0.39 is 5.60 Å². The lowest BCUT2D eigenvalue weighted by Crippen LogP contribution is -2.40. The van der Waals surface area contributed by atoms with E-state index in [1.165, 1.54) is 0 Å². The van der Waals surface area contributed by atoms with E-state index in [4.69, 9.17) is 9.47 Å². The first-order valence-electron chi connectivity index (χ1n) is 7.61. The fourth-order valence-corrected chi connectivity index (χ4v) is 2.30. The minimum Gasteiger partial charge on any atom is -0.496 e. The topological polar surface area (TPSA) is 50.7 Å². The second-order valence-electron chi connectivity index (χ2n) is 5.54. The zero-order valence-electron chi connectivity index (χ0n) is 13.9. The molecule has 0 radical (unpaired) electrons. The van der Waals surface area contributed by atoms with Crippen molar-refractivity contribution in [1.82, 2.24) is 5.32 Å². The number of hydrogen-bond donors (Lipinski definition) is 2. The third kappa shape index (κ3) is 4.99. The zero-order valence-corrected chi connectivity index (χ0v) is 13.9. The van der Waals surface area contributed by atoms with Gasteiger partial charge in [-0.15, -0.1) is 0 Å². The Morgan fingerprint density at radius 2 is 1.90 bits per heavy atom. The van der Waals surface area contributed by atoms with Crippen molar-refractivity contribution in [2.24, 2.45) is 0 Å². The summed E-state index contributed by atoms with van der Waals surface area (Å²) in [6.45, 7) is 7.24. The first kappa shape index (κ1) is 18.0. The maximum atomic E-state index is 10.3. The summed E-state index contributed by atoms with van der Waals surface area (Å²) in [5.41, 5.74) is 1.57. The smallest absolute Gasteiger partial charge is 0.124 e. The lowest BCUT2D eigenvalue weighted by molar-refractivity contribution is 0.0303. The van der Waals surface area contributed by atoms with E-state index in [-0.39, 0.29) is 6.04 Å². The Morgan fingerprint density at radius 1 is 1.24 bits per heavy atom. The van der Waals surface area contributed by atoms with Crippen molar-refractivity contribution in [3.8, 4) is 5.75 Å². The van der Waals surface area contributed by atoms with E-state index in [2.05, 4.69) is 18.3 Å². The van der Waals surface area contributed by atoms with Gasteiger partial charge in [0, 0.05) is 25.3 Å². The molecule has 0 aliphatic rings. The van der Waals surface area contributed by atoms with Crippen molar-refractivity contribution in [3.05, 3.63) is 29.3 Å². The molecule has 0 amide bonds. The van der Waals surface area contributed by atoms with Gasteiger partial charge in [-0.2, -0.15) is 0 Å². The standard InChI is InChI=1S/C17H29NO3/c1-6-17(19,7-2)12-18-13(3)14-8-9-16(21-5)15(10-14)11-20-4/h8-10,13,18-19H,6-7,11-12H2,1-5H3. The molecule has 0 bridgehead atoms. The van der Waals surface area contributed by atoms with E-state index in [9.17, 15) is 5.11 Å². The van der Waals surface area contributed by atoms with E-state index in [0.29, 0.717) is 13.2 Å². The molecule has 0 saturated heterocycles. The molecule has 4 nitrogen and oxygen atoms in total. The third-order valence-electron chi connectivity index (χ3n) is 4.16. The lowest BCUT2D eigenvalue weighted by Gasteiger charge is -2.28. The summed E-state index contributed by atoms with van der Waals surface area (Å²) in [4.78, 5) is 0. The summed E-state index contributed by atoms with van der Waals surface area (Å²) in [6.07, 6.45) is 1.50. The Bertz CT molecular complexity index is 430. The van der Waals surface area contributed by atoms with Crippen molar-refractivity contribution in [2.75, 3.05) is 20.8 Å². The predicted molar refractivity (Wildman–Crippen MR) is 85.7 cm³/mol. The molecule has 1 aromatic rings. The molecule has 1 unspecified atom stereocenters. The van der Waals surface area contributed by atoms with Crippen molar-refractivity contribution in [2.45, 2.75) is 51.9 Å². The molecule has 1 atom stereocenters. The summed E-state index contributed by atoms with van der Waals surface area (Å²) in [5, 5.41) is 13.8. The molecule has 0 heterocycles. The van der Waals surface area contributed by atoms with Crippen LogP contribution < -0.4 is 10.1 Å². The zero-order chi connectivity index (χ0) is 15.9. The highest BCUT2D eigenvalue weighted by molar-refractivity contribution is 5.38. The second-order valence-corrected chi connectivity index (χ2v) is 5.54. The molecule has 2 N–H and O–H groups in total. The Morgan fingerprint density at radius 3 is 2.43 bits per heavy atom. The third-order valence-corrected chi connectivity index (χ3v) is 4.16. The van der Waals surface area contributed by atoms with E-state index in [1.54, 1.807) is 14.2 Å². The van der Waals surface area contributed by atoms with Gasteiger partial charge in [0.25, 0.3) is 0 Å². The highest BCUT2D eigenvalue weighted by Gasteiger charge is 2.22. The van der Waals surface area contributed by atoms with Gasteiger partial charge in [-0.05, 0) is 37.5 Å². The molecule has 0 fully saturated rings. The monoisotopic (exact) mass is 295 g/mol. The number of hydrogen-bond acceptors (Lipinski definition) is 4. The quantitative estimate of drug-likeness (QED) is 0.735. The second kappa shape index (κ2) is 8.37. The van der Waals surface area contributed by atoms with Gasteiger partial charge in [0.1, 0.15) is 5.75 Å². The van der Waals surface area contributed by atoms with Crippen molar-refractivity contribution in [1.29, 1.82) is 0 Å². The van der Waals surface area contributed by atoms with Gasteiger partial charge in [-0.25, -0.2) is 0 Å². The number of ether oxygens (including phenoxy) is 2. The highest BCUT2D eigenvalue weighted by atomic mass is 16.5. The normalized spacial score (nSPS) is 13.2. The average molecular weight is 295 g/mol. The molecular formula is C17H29NO3. The largest absolute Gasteiger partial charge is 0.496 e. The number of benzene rings is 1. The first-order valence-corrected chi connectivity index (χ1v) is 7.61. The minimum atomic E-state index is -0.629. The van der Waals surface area contributed by atoms with Gasteiger partial charge in [0.05, 0.1) is 19.3 Å². The Hall–Kier alpha value is -1.10. The SMILES string of the molecule is CCC(O)(CC)CNC(C)c1ccc(OC)c(COC)c1. The van der Waals surface area contributed by atoms with Crippen LogP contribution in [0.15, 0.2) is 18.2 Å². The van der Waals surface area contributed by atoms with Crippen LogP contribution in [0, 0.1) is 0 Å². The molecule has 0 aliphatic heterocycles. The van der Waals surface area contributed by atoms with Crippen LogP contribution in [0.25, 0.3) is 0 Å². The fraction of sp³-hybridized carbons (Fsp3) is 0.647. The maximum absolute atomic E-state index is 10.3. The van der Waals surface area contributed by atoms with Crippen LogP contribution in [0.3, 0.4) is 0 Å². The van der Waals surface area contributed by atoms with E-state index in [1.807, 2.05) is 26.0 Å². The molecule has 1 rings (SSSR count). The fourth-order valence-electron chi connectivity index (χ4n) is 2.30. The molecule has 120 valence electrons. The Balaban J connectivity index is 2.78. The number of aliphatic hydroxyl groups is 1.